The first-order chi connectivity index (χ1) is 17.0. The first kappa shape index (κ1) is 24.0. The number of hydrogen-bond acceptors (Lipinski definition) is 2. The van der Waals surface area contributed by atoms with Crippen LogP contribution in [0.3, 0.4) is 0 Å². The summed E-state index contributed by atoms with van der Waals surface area (Å²) in [6.07, 6.45) is 0.247. The maximum absolute atomic E-state index is 13.6. The van der Waals surface area contributed by atoms with Crippen molar-refractivity contribution in [2.45, 2.75) is 33.4 Å². The van der Waals surface area contributed by atoms with E-state index in [1.807, 2.05) is 111 Å². The first-order valence-corrected chi connectivity index (χ1v) is 11.8. The molecule has 4 aromatic carbocycles. The fourth-order valence-corrected chi connectivity index (χ4v) is 4.11. The van der Waals surface area contributed by atoms with Crippen LogP contribution in [-0.2, 0) is 24.3 Å². The summed E-state index contributed by atoms with van der Waals surface area (Å²) in [6.45, 7) is 4.92. The number of rotatable bonds is 8. The number of anilines is 1. The van der Waals surface area contributed by atoms with Crippen LogP contribution in [0.25, 0.3) is 0 Å². The third kappa shape index (κ3) is 6.45. The van der Waals surface area contributed by atoms with Crippen LogP contribution in [0.15, 0.2) is 103 Å². The van der Waals surface area contributed by atoms with Crippen molar-refractivity contribution >= 4 is 17.5 Å². The number of hydrogen-bond donors (Lipinski definition) is 1. The van der Waals surface area contributed by atoms with E-state index in [0.29, 0.717) is 18.7 Å². The standard InChI is InChI=1S/C31H30N2O2/c1-23-10-8-15-27(18-23)21-32-30(34)20-26-14-9-16-28(19-26)33(22-25-12-4-3-5-13-25)31(35)29-17-7-6-11-24(29)2/h3-19H,20-22H2,1-2H3,(H,32,34). The van der Waals surface area contributed by atoms with Crippen molar-refractivity contribution in [2.24, 2.45) is 0 Å². The maximum Gasteiger partial charge on any atom is 0.258 e. The van der Waals surface area contributed by atoms with Crippen molar-refractivity contribution in [1.29, 1.82) is 0 Å². The molecule has 176 valence electrons. The normalized spacial score (nSPS) is 10.6. The number of benzene rings is 4. The Kier molecular flexibility index (Phi) is 7.74. The molecular weight excluding hydrogens is 432 g/mol. The summed E-state index contributed by atoms with van der Waals surface area (Å²) in [5.74, 6) is -0.114. The molecule has 0 radical (unpaired) electrons. The molecule has 0 spiro atoms. The molecule has 0 unspecified atom stereocenters. The third-order valence-corrected chi connectivity index (χ3v) is 5.96. The molecule has 0 bridgehead atoms. The molecule has 0 aliphatic carbocycles. The molecule has 0 aromatic heterocycles. The third-order valence-electron chi connectivity index (χ3n) is 5.96. The van der Waals surface area contributed by atoms with Crippen LogP contribution in [0.5, 0.6) is 0 Å². The summed E-state index contributed by atoms with van der Waals surface area (Å²) in [5, 5.41) is 3.00. The van der Waals surface area contributed by atoms with Gasteiger partial charge in [-0.05, 0) is 54.3 Å². The van der Waals surface area contributed by atoms with E-state index in [9.17, 15) is 9.59 Å². The molecule has 0 fully saturated rings. The van der Waals surface area contributed by atoms with E-state index in [2.05, 4.69) is 11.4 Å². The molecule has 4 aromatic rings. The van der Waals surface area contributed by atoms with Crippen molar-refractivity contribution in [3.63, 3.8) is 0 Å². The van der Waals surface area contributed by atoms with Crippen LogP contribution in [-0.4, -0.2) is 11.8 Å². The van der Waals surface area contributed by atoms with Gasteiger partial charge in [0.05, 0.1) is 13.0 Å². The summed E-state index contributed by atoms with van der Waals surface area (Å²) >= 11 is 0. The fourth-order valence-electron chi connectivity index (χ4n) is 4.11. The number of carbonyl (C=O) groups excluding carboxylic acids is 2. The summed E-state index contributed by atoms with van der Waals surface area (Å²) in [4.78, 5) is 28.1. The molecule has 4 nitrogen and oxygen atoms in total. The maximum atomic E-state index is 13.6. The van der Waals surface area contributed by atoms with Crippen molar-refractivity contribution in [2.75, 3.05) is 4.90 Å². The predicted molar refractivity (Wildman–Crippen MR) is 141 cm³/mol. The lowest BCUT2D eigenvalue weighted by molar-refractivity contribution is -0.120. The molecule has 0 aliphatic rings. The average Bonchev–Trinajstić information content (AvgIpc) is 2.87. The minimum Gasteiger partial charge on any atom is -0.352 e. The van der Waals surface area contributed by atoms with Gasteiger partial charge in [0.15, 0.2) is 0 Å². The van der Waals surface area contributed by atoms with Crippen molar-refractivity contribution in [1.82, 2.24) is 5.32 Å². The molecule has 4 rings (SSSR count). The van der Waals surface area contributed by atoms with Crippen LogP contribution >= 0.6 is 0 Å². The molecule has 1 N–H and O–H groups in total. The lowest BCUT2D eigenvalue weighted by Crippen LogP contribution is -2.31. The Morgan fingerprint density at radius 1 is 0.714 bits per heavy atom. The van der Waals surface area contributed by atoms with E-state index in [4.69, 9.17) is 0 Å². The van der Waals surface area contributed by atoms with Crippen LogP contribution in [0.2, 0.25) is 0 Å². The highest BCUT2D eigenvalue weighted by atomic mass is 16.2. The van der Waals surface area contributed by atoms with Gasteiger partial charge in [-0.3, -0.25) is 9.59 Å². The van der Waals surface area contributed by atoms with Crippen LogP contribution in [0.1, 0.15) is 38.2 Å². The molecule has 4 heteroatoms. The minimum atomic E-state index is -0.0620. The lowest BCUT2D eigenvalue weighted by Gasteiger charge is -2.24. The molecule has 0 atom stereocenters. The second-order valence-electron chi connectivity index (χ2n) is 8.80. The molecule has 0 aliphatic heterocycles. The fraction of sp³-hybridized carbons (Fsp3) is 0.161. The predicted octanol–water partition coefficient (Wildman–Crippen LogP) is 6.01. The highest BCUT2D eigenvalue weighted by molar-refractivity contribution is 6.07. The number of carbonyl (C=O) groups is 2. The van der Waals surface area contributed by atoms with Crippen LogP contribution in [0, 0.1) is 13.8 Å². The summed E-state index contributed by atoms with van der Waals surface area (Å²) in [6, 6.07) is 33.4. The van der Waals surface area contributed by atoms with Gasteiger partial charge in [-0.15, -0.1) is 0 Å². The molecule has 35 heavy (non-hydrogen) atoms. The van der Waals surface area contributed by atoms with E-state index >= 15 is 0 Å². The summed E-state index contributed by atoms with van der Waals surface area (Å²) < 4.78 is 0. The Bertz CT molecular complexity index is 1310. The monoisotopic (exact) mass is 462 g/mol. The van der Waals surface area contributed by atoms with Crippen molar-refractivity contribution in [3.8, 4) is 0 Å². The average molecular weight is 463 g/mol. The van der Waals surface area contributed by atoms with E-state index in [1.165, 1.54) is 5.56 Å². The van der Waals surface area contributed by atoms with Crippen LogP contribution in [0.4, 0.5) is 5.69 Å². The Balaban J connectivity index is 1.54. The van der Waals surface area contributed by atoms with Gasteiger partial charge < -0.3 is 10.2 Å². The largest absolute Gasteiger partial charge is 0.352 e. The van der Waals surface area contributed by atoms with Crippen molar-refractivity contribution < 1.29 is 9.59 Å². The van der Waals surface area contributed by atoms with E-state index in [1.54, 1.807) is 4.90 Å². The Morgan fingerprint density at radius 3 is 2.17 bits per heavy atom. The zero-order valence-electron chi connectivity index (χ0n) is 20.2. The van der Waals surface area contributed by atoms with Gasteiger partial charge in [-0.25, -0.2) is 0 Å². The van der Waals surface area contributed by atoms with Gasteiger partial charge in [0.2, 0.25) is 5.91 Å². The zero-order valence-corrected chi connectivity index (χ0v) is 20.2. The molecule has 2 amide bonds. The summed E-state index contributed by atoms with van der Waals surface area (Å²) in [5.41, 5.74) is 6.51. The summed E-state index contributed by atoms with van der Waals surface area (Å²) in [7, 11) is 0. The Hall–Kier alpha value is -4.18. The Morgan fingerprint density at radius 2 is 1.40 bits per heavy atom. The Labute approximate surface area is 207 Å². The second kappa shape index (κ2) is 11.3. The highest BCUT2D eigenvalue weighted by Gasteiger charge is 2.20. The minimum absolute atomic E-state index is 0.0523. The van der Waals surface area contributed by atoms with Gasteiger partial charge in [0.1, 0.15) is 0 Å². The van der Waals surface area contributed by atoms with Gasteiger partial charge in [0.25, 0.3) is 5.91 Å². The lowest BCUT2D eigenvalue weighted by atomic mass is 10.1. The SMILES string of the molecule is Cc1cccc(CNC(=O)Cc2cccc(N(Cc3ccccc3)C(=O)c3ccccc3C)c2)c1. The number of nitrogens with zero attached hydrogens (tertiary/aromatic N) is 1. The quantitative estimate of drug-likeness (QED) is 0.349. The number of aryl methyl sites for hydroxylation is 2. The van der Waals surface area contributed by atoms with Gasteiger partial charge >= 0.3 is 0 Å². The first-order valence-electron chi connectivity index (χ1n) is 11.8. The van der Waals surface area contributed by atoms with E-state index in [0.717, 1.165) is 27.9 Å². The van der Waals surface area contributed by atoms with Crippen molar-refractivity contribution in [3.05, 3.63) is 137 Å². The highest BCUT2D eigenvalue weighted by Crippen LogP contribution is 2.23. The van der Waals surface area contributed by atoms with E-state index < -0.39 is 0 Å². The molecule has 0 saturated heterocycles. The van der Waals surface area contributed by atoms with Gasteiger partial charge in [0, 0.05) is 17.8 Å². The van der Waals surface area contributed by atoms with E-state index in [-0.39, 0.29) is 18.2 Å². The van der Waals surface area contributed by atoms with Gasteiger partial charge in [-0.1, -0.05) is 90.5 Å². The molecular formula is C31H30N2O2. The molecule has 0 saturated carbocycles. The second-order valence-corrected chi connectivity index (χ2v) is 8.80. The smallest absolute Gasteiger partial charge is 0.258 e. The van der Waals surface area contributed by atoms with Gasteiger partial charge in [-0.2, -0.15) is 0 Å². The number of nitrogens with one attached hydrogen (secondary N) is 1. The zero-order chi connectivity index (χ0) is 24.6. The topological polar surface area (TPSA) is 49.4 Å². The number of amides is 2. The molecule has 0 heterocycles. The van der Waals surface area contributed by atoms with Crippen LogP contribution < -0.4 is 10.2 Å².